The first kappa shape index (κ1) is 12.5. The molecule has 0 amide bonds. The number of nitrogens with one attached hydrogen (secondary N) is 3. The van der Waals surface area contributed by atoms with E-state index in [9.17, 15) is 10.1 Å². The number of hydrogen-bond acceptors (Lipinski definition) is 5. The van der Waals surface area contributed by atoms with Crippen LogP contribution in [0.15, 0.2) is 24.8 Å². The molecule has 0 saturated heterocycles. The van der Waals surface area contributed by atoms with Crippen molar-refractivity contribution in [3.05, 3.63) is 40.6 Å². The molecule has 8 heteroatoms. The molecule has 0 spiro atoms. The highest BCUT2D eigenvalue weighted by molar-refractivity contribution is 7.98. The maximum atomic E-state index is 10.7. The number of anilines is 1. The molecule has 0 unspecified atom stereocenters. The Hall–Kier alpha value is -1.96. The Morgan fingerprint density at radius 1 is 1.56 bits per heavy atom. The molecule has 3 N–H and O–H groups in total. The van der Waals surface area contributed by atoms with Crippen LogP contribution < -0.4 is 5.32 Å². The van der Waals surface area contributed by atoms with Crippen molar-refractivity contribution in [1.29, 1.82) is 0 Å². The van der Waals surface area contributed by atoms with Gasteiger partial charge in [0.05, 0.1) is 16.9 Å². The summed E-state index contributed by atoms with van der Waals surface area (Å²) in [6, 6.07) is 1.44. The molecule has 0 fully saturated rings. The number of aromatic amines is 2. The number of aromatic nitrogens is 3. The van der Waals surface area contributed by atoms with E-state index in [0.29, 0.717) is 12.4 Å². The molecule has 0 aliphatic carbocycles. The normalized spacial score (nSPS) is 10.4. The van der Waals surface area contributed by atoms with E-state index in [1.54, 1.807) is 24.3 Å². The second-order valence-corrected chi connectivity index (χ2v) is 4.64. The van der Waals surface area contributed by atoms with Crippen LogP contribution in [0.1, 0.15) is 5.69 Å². The highest BCUT2D eigenvalue weighted by Gasteiger charge is 2.13. The lowest BCUT2D eigenvalue weighted by Gasteiger charge is -2.03. The highest BCUT2D eigenvalue weighted by Crippen LogP contribution is 2.21. The van der Waals surface area contributed by atoms with E-state index in [4.69, 9.17) is 0 Å². The van der Waals surface area contributed by atoms with Gasteiger partial charge in [-0.3, -0.25) is 10.1 Å². The molecule has 2 heterocycles. The largest absolute Gasteiger partial charge is 0.365 e. The average molecular weight is 267 g/mol. The zero-order chi connectivity index (χ0) is 12.8. The molecule has 0 saturated carbocycles. The number of thioether (sulfide) groups is 1. The number of nitro groups is 1. The molecule has 0 aromatic carbocycles. The van der Waals surface area contributed by atoms with Gasteiger partial charge < -0.3 is 15.3 Å². The van der Waals surface area contributed by atoms with Gasteiger partial charge in [0.2, 0.25) is 0 Å². The van der Waals surface area contributed by atoms with E-state index in [2.05, 4.69) is 20.3 Å². The molecule has 0 aliphatic heterocycles. The molecule has 0 radical (unpaired) electrons. The predicted molar refractivity (Wildman–Crippen MR) is 70.7 cm³/mol. The minimum absolute atomic E-state index is 0.0762. The van der Waals surface area contributed by atoms with Gasteiger partial charge in [-0.1, -0.05) is 0 Å². The summed E-state index contributed by atoms with van der Waals surface area (Å²) in [6.45, 7) is 0.663. The van der Waals surface area contributed by atoms with Gasteiger partial charge in [0.1, 0.15) is 0 Å². The molecule has 0 aliphatic rings. The minimum atomic E-state index is -0.407. The summed E-state index contributed by atoms with van der Waals surface area (Å²) in [6.07, 6.45) is 5.06. The third-order valence-corrected chi connectivity index (χ3v) is 3.27. The fourth-order valence-corrected chi connectivity index (χ4v) is 2.21. The third kappa shape index (κ3) is 3.27. The maximum Gasteiger partial charge on any atom is 0.310 e. The molecule has 7 nitrogen and oxygen atoms in total. The smallest absolute Gasteiger partial charge is 0.310 e. The van der Waals surface area contributed by atoms with Crippen molar-refractivity contribution >= 4 is 23.3 Å². The van der Waals surface area contributed by atoms with Crippen LogP contribution >= 0.6 is 11.8 Å². The van der Waals surface area contributed by atoms with Crippen molar-refractivity contribution in [2.24, 2.45) is 0 Å². The molecule has 18 heavy (non-hydrogen) atoms. The summed E-state index contributed by atoms with van der Waals surface area (Å²) in [7, 11) is 0. The van der Waals surface area contributed by atoms with Gasteiger partial charge in [-0.25, -0.2) is 4.98 Å². The fraction of sp³-hybridized carbons (Fsp3) is 0.300. The quantitative estimate of drug-likeness (QED) is 0.404. The first-order valence-corrected chi connectivity index (χ1v) is 6.54. The Kier molecular flexibility index (Phi) is 4.24. The van der Waals surface area contributed by atoms with Gasteiger partial charge in [-0.15, -0.1) is 0 Å². The topological polar surface area (TPSA) is 99.6 Å². The standard InChI is InChI=1S/C10H13N5O2S/c16-15(17)9-1-2-12-10(9)13-3-4-18-6-8-5-11-7-14-8/h1-2,5,7,12-13H,3-4,6H2,(H,11,14). The van der Waals surface area contributed by atoms with Gasteiger partial charge in [0.15, 0.2) is 5.82 Å². The van der Waals surface area contributed by atoms with E-state index in [0.717, 1.165) is 17.2 Å². The Morgan fingerprint density at radius 3 is 3.17 bits per heavy atom. The lowest BCUT2D eigenvalue weighted by atomic mass is 10.5. The van der Waals surface area contributed by atoms with E-state index >= 15 is 0 Å². The zero-order valence-corrected chi connectivity index (χ0v) is 10.4. The molecule has 2 rings (SSSR count). The van der Waals surface area contributed by atoms with Gasteiger partial charge in [-0.2, -0.15) is 11.8 Å². The lowest BCUT2D eigenvalue weighted by molar-refractivity contribution is -0.383. The van der Waals surface area contributed by atoms with E-state index in [1.807, 2.05) is 6.20 Å². The number of nitrogens with zero attached hydrogens (tertiary/aromatic N) is 2. The number of H-pyrrole nitrogens is 2. The SMILES string of the molecule is O=[N+]([O-])c1cc[nH]c1NCCSCc1c[nH]cn1. The Labute approximate surface area is 108 Å². The number of rotatable bonds is 7. The monoisotopic (exact) mass is 267 g/mol. The van der Waals surface area contributed by atoms with Gasteiger partial charge in [0, 0.05) is 36.5 Å². The van der Waals surface area contributed by atoms with E-state index in [1.165, 1.54) is 6.07 Å². The first-order chi connectivity index (χ1) is 8.77. The van der Waals surface area contributed by atoms with Crippen molar-refractivity contribution in [3.8, 4) is 0 Å². The summed E-state index contributed by atoms with van der Waals surface area (Å²) >= 11 is 1.72. The number of hydrogen-bond donors (Lipinski definition) is 3. The van der Waals surface area contributed by atoms with Crippen molar-refractivity contribution in [2.45, 2.75) is 5.75 Å². The predicted octanol–water partition coefficient (Wildman–Crippen LogP) is 1.99. The van der Waals surface area contributed by atoms with Crippen molar-refractivity contribution in [2.75, 3.05) is 17.6 Å². The fourth-order valence-electron chi connectivity index (χ4n) is 1.45. The molecule has 2 aromatic rings. The van der Waals surface area contributed by atoms with Crippen LogP contribution in [0.2, 0.25) is 0 Å². The summed E-state index contributed by atoms with van der Waals surface area (Å²) in [4.78, 5) is 20.1. The second kappa shape index (κ2) is 6.10. The number of imidazole rings is 1. The highest BCUT2D eigenvalue weighted by atomic mass is 32.2. The van der Waals surface area contributed by atoms with Crippen molar-refractivity contribution < 1.29 is 4.92 Å². The maximum absolute atomic E-state index is 10.7. The molecular weight excluding hydrogens is 254 g/mol. The molecule has 96 valence electrons. The van der Waals surface area contributed by atoms with Crippen molar-refractivity contribution in [3.63, 3.8) is 0 Å². The molecular formula is C10H13N5O2S. The van der Waals surface area contributed by atoms with Crippen LogP contribution in [0, 0.1) is 10.1 Å². The lowest BCUT2D eigenvalue weighted by Crippen LogP contribution is -2.06. The summed E-state index contributed by atoms with van der Waals surface area (Å²) in [5.41, 5.74) is 1.08. The Morgan fingerprint density at radius 2 is 2.44 bits per heavy atom. The third-order valence-electron chi connectivity index (χ3n) is 2.27. The Balaban J connectivity index is 1.69. The molecule has 2 aromatic heterocycles. The van der Waals surface area contributed by atoms with Gasteiger partial charge >= 0.3 is 5.69 Å². The zero-order valence-electron chi connectivity index (χ0n) is 9.55. The van der Waals surface area contributed by atoms with E-state index in [-0.39, 0.29) is 5.69 Å². The molecule has 0 bridgehead atoms. The summed E-state index contributed by atoms with van der Waals surface area (Å²) in [5.74, 6) is 2.14. The van der Waals surface area contributed by atoms with Crippen molar-refractivity contribution in [1.82, 2.24) is 15.0 Å². The second-order valence-electron chi connectivity index (χ2n) is 3.53. The van der Waals surface area contributed by atoms with Crippen LogP contribution in [0.25, 0.3) is 0 Å². The summed E-state index contributed by atoms with van der Waals surface area (Å²) in [5, 5.41) is 13.7. The van der Waals surface area contributed by atoms with Crippen LogP contribution in [-0.2, 0) is 5.75 Å². The van der Waals surface area contributed by atoms with Crippen LogP contribution in [0.4, 0.5) is 11.5 Å². The van der Waals surface area contributed by atoms with Gasteiger partial charge in [-0.05, 0) is 0 Å². The van der Waals surface area contributed by atoms with Gasteiger partial charge in [0.25, 0.3) is 0 Å². The minimum Gasteiger partial charge on any atom is -0.365 e. The van der Waals surface area contributed by atoms with Crippen LogP contribution in [0.5, 0.6) is 0 Å². The van der Waals surface area contributed by atoms with Crippen LogP contribution in [0.3, 0.4) is 0 Å². The summed E-state index contributed by atoms with van der Waals surface area (Å²) < 4.78 is 0. The average Bonchev–Trinajstić information content (AvgIpc) is 2.98. The molecule has 0 atom stereocenters. The first-order valence-electron chi connectivity index (χ1n) is 5.38. The van der Waals surface area contributed by atoms with E-state index < -0.39 is 4.92 Å². The Bertz CT molecular complexity index is 496. The van der Waals surface area contributed by atoms with Crippen LogP contribution in [-0.4, -0.2) is 32.2 Å².